The van der Waals surface area contributed by atoms with Crippen molar-refractivity contribution in [1.29, 1.82) is 0 Å². The molecule has 10 heteroatoms. The van der Waals surface area contributed by atoms with Gasteiger partial charge in [0, 0.05) is 23.2 Å². The molecule has 0 bridgehead atoms. The Bertz CT molecular complexity index is 1100. The molecule has 1 heterocycles. The first kappa shape index (κ1) is 17.7. The lowest BCUT2D eigenvalue weighted by molar-refractivity contribution is -0.384. The fourth-order valence-electron chi connectivity index (χ4n) is 2.41. The molecule has 0 aliphatic heterocycles. The second-order valence-corrected chi connectivity index (χ2v) is 5.64. The van der Waals surface area contributed by atoms with Crippen LogP contribution in [0.5, 0.6) is 5.88 Å². The molecular formula is C17H13N5O5. The number of nitro groups is 1. The average molecular weight is 367 g/mol. The van der Waals surface area contributed by atoms with Gasteiger partial charge in [-0.3, -0.25) is 19.7 Å². The van der Waals surface area contributed by atoms with E-state index in [0.29, 0.717) is 11.2 Å². The summed E-state index contributed by atoms with van der Waals surface area (Å²) >= 11 is 0. The number of aromatic nitrogens is 1. The van der Waals surface area contributed by atoms with Crippen molar-refractivity contribution >= 4 is 39.8 Å². The number of rotatable bonds is 3. The van der Waals surface area contributed by atoms with E-state index in [4.69, 9.17) is 0 Å². The lowest BCUT2D eigenvalue weighted by Gasteiger charge is -2.02. The lowest BCUT2D eigenvalue weighted by Crippen LogP contribution is -2.20. The number of carbonyl (C=O) groups excluding carboxylic acids is 2. The lowest BCUT2D eigenvalue weighted by atomic mass is 10.2. The number of carbonyl (C=O) groups is 2. The number of non-ortho nitro benzene ring substituents is 1. The summed E-state index contributed by atoms with van der Waals surface area (Å²) in [6.45, 7) is 1.83. The maximum atomic E-state index is 11.9. The molecule has 0 aliphatic carbocycles. The third-order valence-electron chi connectivity index (χ3n) is 3.66. The van der Waals surface area contributed by atoms with Crippen LogP contribution in [0.1, 0.15) is 5.56 Å². The van der Waals surface area contributed by atoms with Gasteiger partial charge in [-0.2, -0.15) is 0 Å². The van der Waals surface area contributed by atoms with E-state index in [1.54, 1.807) is 18.2 Å². The van der Waals surface area contributed by atoms with E-state index in [9.17, 15) is 24.8 Å². The highest BCUT2D eigenvalue weighted by atomic mass is 16.6. The number of H-pyrrole nitrogens is 1. The van der Waals surface area contributed by atoms with Crippen LogP contribution in [0.3, 0.4) is 0 Å². The first-order chi connectivity index (χ1) is 12.8. The van der Waals surface area contributed by atoms with Crippen LogP contribution >= 0.6 is 0 Å². The number of amides is 2. The number of nitrogens with zero attached hydrogens (tertiary/aromatic N) is 3. The Morgan fingerprint density at radius 1 is 1.22 bits per heavy atom. The predicted molar refractivity (Wildman–Crippen MR) is 95.9 cm³/mol. The number of benzene rings is 2. The van der Waals surface area contributed by atoms with E-state index in [1.807, 2.05) is 13.0 Å². The van der Waals surface area contributed by atoms with Gasteiger partial charge in [-0.25, -0.2) is 0 Å². The van der Waals surface area contributed by atoms with Gasteiger partial charge < -0.3 is 15.4 Å². The average Bonchev–Trinajstić information content (AvgIpc) is 2.93. The summed E-state index contributed by atoms with van der Waals surface area (Å²) < 4.78 is 0. The van der Waals surface area contributed by atoms with E-state index in [2.05, 4.69) is 20.5 Å². The van der Waals surface area contributed by atoms with E-state index >= 15 is 0 Å². The highest BCUT2D eigenvalue weighted by Gasteiger charge is 2.17. The normalized spacial score (nSPS) is 11.0. The van der Waals surface area contributed by atoms with Crippen LogP contribution in [0.4, 0.5) is 17.1 Å². The number of aromatic hydroxyl groups is 1. The Labute approximate surface area is 151 Å². The molecule has 0 radical (unpaired) electrons. The Morgan fingerprint density at radius 3 is 2.70 bits per heavy atom. The minimum absolute atomic E-state index is 0.176. The van der Waals surface area contributed by atoms with Crippen molar-refractivity contribution in [2.45, 2.75) is 6.92 Å². The zero-order chi connectivity index (χ0) is 19.6. The molecule has 3 rings (SSSR count). The summed E-state index contributed by atoms with van der Waals surface area (Å²) in [6.07, 6.45) is 0. The van der Waals surface area contributed by atoms with Crippen LogP contribution in [-0.4, -0.2) is 26.8 Å². The molecule has 0 spiro atoms. The molecular weight excluding hydrogens is 354 g/mol. The summed E-state index contributed by atoms with van der Waals surface area (Å²) in [6, 6.07) is 10.6. The molecule has 3 N–H and O–H groups in total. The van der Waals surface area contributed by atoms with Crippen molar-refractivity contribution in [3.8, 4) is 5.88 Å². The molecule has 3 aromatic rings. The van der Waals surface area contributed by atoms with Crippen LogP contribution in [-0.2, 0) is 9.59 Å². The number of hydrogen-bond acceptors (Lipinski definition) is 6. The SMILES string of the molecule is Cc1cccc(NC(=O)C(=O)N=Nc2c(O)[nH]c3ccc([N+](=O)[O-])cc23)c1. The number of nitro benzene ring substituents is 1. The molecule has 2 aromatic carbocycles. The predicted octanol–water partition coefficient (Wildman–Crippen LogP) is 3.34. The van der Waals surface area contributed by atoms with Crippen LogP contribution in [0.2, 0.25) is 0 Å². The quantitative estimate of drug-likeness (QED) is 0.281. The van der Waals surface area contributed by atoms with Crippen molar-refractivity contribution < 1.29 is 19.6 Å². The molecule has 136 valence electrons. The summed E-state index contributed by atoms with van der Waals surface area (Å²) in [5.74, 6) is -2.62. The van der Waals surface area contributed by atoms with Crippen LogP contribution < -0.4 is 5.32 Å². The fourth-order valence-corrected chi connectivity index (χ4v) is 2.41. The summed E-state index contributed by atoms with van der Waals surface area (Å²) in [7, 11) is 0. The number of aromatic amines is 1. The van der Waals surface area contributed by atoms with E-state index in [1.165, 1.54) is 18.2 Å². The molecule has 0 fully saturated rings. The van der Waals surface area contributed by atoms with Crippen LogP contribution in [0, 0.1) is 17.0 Å². The molecule has 0 atom stereocenters. The summed E-state index contributed by atoms with van der Waals surface area (Å²) in [4.78, 5) is 36.6. The molecule has 0 unspecified atom stereocenters. The Balaban J connectivity index is 1.83. The Kier molecular flexibility index (Phi) is 4.62. The minimum atomic E-state index is -1.18. The second-order valence-electron chi connectivity index (χ2n) is 5.64. The number of azo groups is 1. The molecule has 10 nitrogen and oxygen atoms in total. The molecule has 2 amide bonds. The van der Waals surface area contributed by atoms with Crippen LogP contribution in [0.15, 0.2) is 52.7 Å². The zero-order valence-electron chi connectivity index (χ0n) is 14.0. The van der Waals surface area contributed by atoms with E-state index in [0.717, 1.165) is 5.56 Å². The van der Waals surface area contributed by atoms with Gasteiger partial charge in [-0.05, 0) is 30.7 Å². The molecule has 27 heavy (non-hydrogen) atoms. The fraction of sp³-hybridized carbons (Fsp3) is 0.0588. The maximum absolute atomic E-state index is 11.9. The number of hydrogen-bond donors (Lipinski definition) is 3. The number of fused-ring (bicyclic) bond motifs is 1. The van der Waals surface area contributed by atoms with Gasteiger partial charge in [0.2, 0.25) is 5.88 Å². The van der Waals surface area contributed by atoms with Crippen molar-refractivity contribution in [1.82, 2.24) is 4.98 Å². The standard InChI is InChI=1S/C17H13N5O5/c1-9-3-2-4-10(7-9)18-16(24)17(25)21-20-14-12-8-11(22(26)27)5-6-13(12)19-15(14)23/h2-8,19,23H,1H3,(H,18,24). The van der Waals surface area contributed by atoms with Crippen LogP contribution in [0.25, 0.3) is 10.9 Å². The second kappa shape index (κ2) is 7.04. The number of anilines is 1. The Hall–Kier alpha value is -4.08. The highest BCUT2D eigenvalue weighted by molar-refractivity contribution is 6.40. The molecule has 0 saturated heterocycles. The molecule has 0 aliphatic rings. The zero-order valence-corrected chi connectivity index (χ0v) is 14.0. The monoisotopic (exact) mass is 367 g/mol. The smallest absolute Gasteiger partial charge is 0.353 e. The highest BCUT2D eigenvalue weighted by Crippen LogP contribution is 2.37. The molecule has 0 saturated carbocycles. The van der Waals surface area contributed by atoms with Gasteiger partial charge in [0.1, 0.15) is 0 Å². The summed E-state index contributed by atoms with van der Waals surface area (Å²) in [5, 5.41) is 30.2. The third kappa shape index (κ3) is 3.79. The number of nitrogens with one attached hydrogen (secondary N) is 2. The largest absolute Gasteiger partial charge is 0.493 e. The first-order valence-corrected chi connectivity index (χ1v) is 7.68. The maximum Gasteiger partial charge on any atom is 0.353 e. The van der Waals surface area contributed by atoms with Gasteiger partial charge in [0.15, 0.2) is 5.69 Å². The summed E-state index contributed by atoms with van der Waals surface area (Å²) in [5.41, 5.74) is 1.29. The van der Waals surface area contributed by atoms with Crippen molar-refractivity contribution in [3.63, 3.8) is 0 Å². The van der Waals surface area contributed by atoms with Crippen molar-refractivity contribution in [3.05, 3.63) is 58.1 Å². The first-order valence-electron chi connectivity index (χ1n) is 7.68. The van der Waals surface area contributed by atoms with E-state index < -0.39 is 22.6 Å². The topological polar surface area (TPSA) is 150 Å². The van der Waals surface area contributed by atoms with Gasteiger partial charge >= 0.3 is 11.8 Å². The van der Waals surface area contributed by atoms with Gasteiger partial charge in [0.05, 0.1) is 10.4 Å². The number of aryl methyl sites for hydroxylation is 1. The van der Waals surface area contributed by atoms with Crippen molar-refractivity contribution in [2.24, 2.45) is 10.2 Å². The minimum Gasteiger partial charge on any atom is -0.493 e. The van der Waals surface area contributed by atoms with Gasteiger partial charge in [-0.1, -0.05) is 12.1 Å². The third-order valence-corrected chi connectivity index (χ3v) is 3.66. The Morgan fingerprint density at radius 2 is 2.00 bits per heavy atom. The van der Waals surface area contributed by atoms with Gasteiger partial charge in [-0.15, -0.1) is 10.2 Å². The van der Waals surface area contributed by atoms with E-state index in [-0.39, 0.29) is 16.8 Å². The van der Waals surface area contributed by atoms with Gasteiger partial charge in [0.25, 0.3) is 5.69 Å². The van der Waals surface area contributed by atoms with Crippen molar-refractivity contribution in [2.75, 3.05) is 5.32 Å². The molecule has 1 aromatic heterocycles.